The molecule has 0 spiro atoms. The lowest BCUT2D eigenvalue weighted by molar-refractivity contribution is -0.117. The zero-order valence-electron chi connectivity index (χ0n) is 15.8. The molecule has 1 aliphatic rings. The molecular weight excluding hydrogens is 366 g/mol. The fraction of sp³-hybridized carbons (Fsp3) is 0.182. The quantitative estimate of drug-likeness (QED) is 0.711. The Balaban J connectivity index is 1.71. The van der Waals surface area contributed by atoms with Gasteiger partial charge in [0.15, 0.2) is 0 Å². The van der Waals surface area contributed by atoms with Gasteiger partial charge in [0.05, 0.1) is 17.7 Å². The maximum atomic E-state index is 13.2. The molecule has 0 saturated heterocycles. The number of carbonyl (C=O) groups is 2. The summed E-state index contributed by atoms with van der Waals surface area (Å²) in [6.45, 7) is 1.63. The average Bonchev–Trinajstić information content (AvgIpc) is 2.75. The molecule has 7 heteroatoms. The number of fused-ring (bicyclic) bond motifs is 1. The van der Waals surface area contributed by atoms with Crippen LogP contribution in [0, 0.1) is 0 Å². The molecule has 29 heavy (non-hydrogen) atoms. The number of amides is 2. The van der Waals surface area contributed by atoms with Crippen LogP contribution in [0.4, 0.5) is 11.6 Å². The molecular formula is C22H21N5O2. The fourth-order valence-corrected chi connectivity index (χ4v) is 3.41. The summed E-state index contributed by atoms with van der Waals surface area (Å²) in [6, 6.07) is 15.1. The topological polar surface area (TPSA) is 101 Å². The van der Waals surface area contributed by atoms with Gasteiger partial charge >= 0.3 is 0 Å². The van der Waals surface area contributed by atoms with Gasteiger partial charge in [-0.2, -0.15) is 0 Å². The van der Waals surface area contributed by atoms with Crippen LogP contribution in [0.15, 0.2) is 60.9 Å². The van der Waals surface area contributed by atoms with E-state index in [0.717, 1.165) is 24.1 Å². The highest BCUT2D eigenvalue weighted by Crippen LogP contribution is 2.24. The second-order valence-corrected chi connectivity index (χ2v) is 6.91. The molecule has 2 aromatic carbocycles. The van der Waals surface area contributed by atoms with Crippen molar-refractivity contribution in [1.82, 2.24) is 15.3 Å². The van der Waals surface area contributed by atoms with Gasteiger partial charge in [0.2, 0.25) is 11.9 Å². The van der Waals surface area contributed by atoms with Gasteiger partial charge in [0.1, 0.15) is 0 Å². The van der Waals surface area contributed by atoms with Crippen molar-refractivity contribution in [2.24, 2.45) is 0 Å². The first kappa shape index (κ1) is 18.8. The maximum Gasteiger partial charge on any atom is 0.268 e. The molecule has 2 heterocycles. The number of benzene rings is 2. The van der Waals surface area contributed by atoms with Gasteiger partial charge in [-0.1, -0.05) is 36.4 Å². The lowest BCUT2D eigenvalue weighted by Crippen LogP contribution is -2.38. The van der Waals surface area contributed by atoms with Gasteiger partial charge in [-0.3, -0.25) is 9.59 Å². The molecule has 0 atom stereocenters. The molecule has 1 aromatic heterocycles. The van der Waals surface area contributed by atoms with Gasteiger partial charge in [-0.15, -0.1) is 0 Å². The van der Waals surface area contributed by atoms with Crippen molar-refractivity contribution in [3.8, 4) is 0 Å². The first-order chi connectivity index (χ1) is 14.1. The van der Waals surface area contributed by atoms with Gasteiger partial charge in [-0.25, -0.2) is 14.9 Å². The Morgan fingerprint density at radius 2 is 1.79 bits per heavy atom. The average molecular weight is 387 g/mol. The van der Waals surface area contributed by atoms with Crippen molar-refractivity contribution in [2.45, 2.75) is 19.4 Å². The highest BCUT2D eigenvalue weighted by molar-refractivity contribution is 6.21. The number of hydrogen-bond acceptors (Lipinski definition) is 6. The first-order valence-corrected chi connectivity index (χ1v) is 9.43. The summed E-state index contributed by atoms with van der Waals surface area (Å²) >= 11 is 0. The molecule has 4 rings (SSSR count). The zero-order valence-corrected chi connectivity index (χ0v) is 15.8. The maximum absolute atomic E-state index is 13.2. The smallest absolute Gasteiger partial charge is 0.268 e. The van der Waals surface area contributed by atoms with Gasteiger partial charge in [0, 0.05) is 18.9 Å². The molecule has 0 unspecified atom stereocenters. The molecule has 0 saturated carbocycles. The Hall–Kier alpha value is -3.58. The highest BCUT2D eigenvalue weighted by Gasteiger charge is 2.26. The Kier molecular flexibility index (Phi) is 5.31. The third kappa shape index (κ3) is 4.14. The lowest BCUT2D eigenvalue weighted by Gasteiger charge is -2.24. The van der Waals surface area contributed by atoms with E-state index in [9.17, 15) is 9.59 Å². The minimum Gasteiger partial charge on any atom is -0.368 e. The number of imide groups is 1. The van der Waals surface area contributed by atoms with Crippen LogP contribution in [0.5, 0.6) is 0 Å². The van der Waals surface area contributed by atoms with Crippen LogP contribution in [0.2, 0.25) is 0 Å². The van der Waals surface area contributed by atoms with Crippen LogP contribution >= 0.6 is 0 Å². The third-order valence-corrected chi connectivity index (χ3v) is 4.90. The molecule has 7 nitrogen and oxygen atoms in total. The van der Waals surface area contributed by atoms with Gasteiger partial charge in [0.25, 0.3) is 5.91 Å². The Morgan fingerprint density at radius 3 is 2.55 bits per heavy atom. The lowest BCUT2D eigenvalue weighted by atomic mass is 9.99. The number of nitrogens with one attached hydrogen (secondary N) is 1. The molecule has 3 N–H and O–H groups in total. The van der Waals surface area contributed by atoms with Crippen molar-refractivity contribution in [2.75, 3.05) is 17.2 Å². The van der Waals surface area contributed by atoms with E-state index in [0.29, 0.717) is 12.2 Å². The molecule has 3 aromatic rings. The van der Waals surface area contributed by atoms with Crippen molar-refractivity contribution >= 4 is 23.5 Å². The van der Waals surface area contributed by atoms with Crippen LogP contribution in [0.1, 0.15) is 27.0 Å². The number of carbonyl (C=O) groups excluding carboxylic acids is 2. The van der Waals surface area contributed by atoms with Crippen molar-refractivity contribution in [3.05, 3.63) is 83.2 Å². The Bertz CT molecular complexity index is 1030. The number of aromatic nitrogens is 2. The summed E-state index contributed by atoms with van der Waals surface area (Å²) in [4.78, 5) is 35.4. The summed E-state index contributed by atoms with van der Waals surface area (Å²) in [7, 11) is 0. The predicted octanol–water partition coefficient (Wildman–Crippen LogP) is 2.12. The second kappa shape index (κ2) is 8.20. The Labute approximate surface area is 168 Å². The van der Waals surface area contributed by atoms with Crippen LogP contribution in [0.3, 0.4) is 0 Å². The molecule has 146 valence electrons. The number of hydrogen-bond donors (Lipinski definition) is 2. The van der Waals surface area contributed by atoms with E-state index < -0.39 is 5.91 Å². The molecule has 0 radical (unpaired) electrons. The molecule has 0 fully saturated rings. The number of nitrogen functional groups attached to an aromatic ring is 1. The standard InChI is InChI=1S/C22H21N5O2/c23-22-25-13-18(14-26-22)21(29)27(20(28)10-15-4-2-1-3-5-15)19-7-6-16-8-9-24-12-17(16)11-19/h1-7,11,13-14,24H,8-10,12H2,(H2,23,25,26). The largest absolute Gasteiger partial charge is 0.368 e. The minimum atomic E-state index is -0.477. The van der Waals surface area contributed by atoms with Gasteiger partial charge in [-0.05, 0) is 41.8 Å². The minimum absolute atomic E-state index is 0.0727. The monoisotopic (exact) mass is 387 g/mol. The van der Waals surface area contributed by atoms with Crippen molar-refractivity contribution in [3.63, 3.8) is 0 Å². The fourth-order valence-electron chi connectivity index (χ4n) is 3.41. The van der Waals surface area contributed by atoms with Gasteiger partial charge < -0.3 is 11.1 Å². The molecule has 0 aliphatic carbocycles. The number of anilines is 2. The first-order valence-electron chi connectivity index (χ1n) is 9.43. The van der Waals surface area contributed by atoms with E-state index in [1.165, 1.54) is 22.9 Å². The summed E-state index contributed by atoms with van der Waals surface area (Å²) in [5, 5.41) is 3.32. The second-order valence-electron chi connectivity index (χ2n) is 6.91. The summed E-state index contributed by atoms with van der Waals surface area (Å²) in [5.41, 5.74) is 9.43. The summed E-state index contributed by atoms with van der Waals surface area (Å²) in [5.74, 6) is -0.722. The van der Waals surface area contributed by atoms with E-state index in [1.807, 2.05) is 48.5 Å². The number of rotatable bonds is 4. The summed E-state index contributed by atoms with van der Waals surface area (Å²) < 4.78 is 0. The van der Waals surface area contributed by atoms with Crippen LogP contribution in [-0.2, 0) is 24.2 Å². The SMILES string of the molecule is Nc1ncc(C(=O)N(C(=O)Cc2ccccc2)c2ccc3c(c2)CNCC3)cn1. The summed E-state index contributed by atoms with van der Waals surface area (Å²) in [6.07, 6.45) is 3.71. The van der Waals surface area contributed by atoms with E-state index in [2.05, 4.69) is 15.3 Å². The van der Waals surface area contributed by atoms with E-state index in [1.54, 1.807) is 0 Å². The predicted molar refractivity (Wildman–Crippen MR) is 110 cm³/mol. The highest BCUT2D eigenvalue weighted by atomic mass is 16.2. The number of nitrogens with zero attached hydrogens (tertiary/aromatic N) is 3. The third-order valence-electron chi connectivity index (χ3n) is 4.90. The molecule has 2 amide bonds. The zero-order chi connectivity index (χ0) is 20.2. The Morgan fingerprint density at radius 1 is 1.03 bits per heavy atom. The van der Waals surface area contributed by atoms with Crippen molar-refractivity contribution in [1.29, 1.82) is 0 Å². The van der Waals surface area contributed by atoms with Crippen LogP contribution in [-0.4, -0.2) is 28.3 Å². The van der Waals surface area contributed by atoms with E-state index in [-0.39, 0.29) is 23.8 Å². The van der Waals surface area contributed by atoms with Crippen molar-refractivity contribution < 1.29 is 9.59 Å². The van der Waals surface area contributed by atoms with Crippen LogP contribution in [0.25, 0.3) is 0 Å². The van der Waals surface area contributed by atoms with E-state index in [4.69, 9.17) is 5.73 Å². The molecule has 1 aliphatic heterocycles. The number of nitrogens with two attached hydrogens (primary N) is 1. The van der Waals surface area contributed by atoms with Crippen LogP contribution < -0.4 is 16.0 Å². The normalized spacial score (nSPS) is 12.8. The molecule has 0 bridgehead atoms. The van der Waals surface area contributed by atoms with E-state index >= 15 is 0 Å².